The first-order valence-electron chi connectivity index (χ1n) is 12.4. The van der Waals surface area contributed by atoms with E-state index < -0.39 is 11.6 Å². The highest BCUT2D eigenvalue weighted by Crippen LogP contribution is 2.41. The van der Waals surface area contributed by atoms with Gasteiger partial charge in [0.2, 0.25) is 0 Å². The monoisotopic (exact) mass is 435 g/mol. The van der Waals surface area contributed by atoms with Crippen LogP contribution in [0.3, 0.4) is 0 Å². The molecule has 1 unspecified atom stereocenters. The van der Waals surface area contributed by atoms with Crippen LogP contribution >= 0.6 is 0 Å². The summed E-state index contributed by atoms with van der Waals surface area (Å²) in [6.45, 7) is 2.51. The minimum atomic E-state index is -1.56. The lowest BCUT2D eigenvalue weighted by atomic mass is 9.80. The Morgan fingerprint density at radius 1 is 0.969 bits per heavy atom. The Kier molecular flexibility index (Phi) is 7.99. The fraction of sp³-hybridized carbons (Fsp3) is 0.536. The first-order valence-corrected chi connectivity index (χ1v) is 12.4. The van der Waals surface area contributed by atoms with Crippen molar-refractivity contribution in [2.24, 2.45) is 11.8 Å². The molecule has 4 nitrogen and oxygen atoms in total. The third-order valence-electron chi connectivity index (χ3n) is 7.54. The largest absolute Gasteiger partial charge is 0.463 e. The number of esters is 1. The number of aliphatic hydroxyl groups is 1. The van der Waals surface area contributed by atoms with E-state index in [1.165, 1.54) is 18.4 Å². The van der Waals surface area contributed by atoms with Crippen LogP contribution in [0.1, 0.15) is 68.4 Å². The highest BCUT2D eigenvalue weighted by Gasteiger charge is 2.48. The predicted molar refractivity (Wildman–Crippen MR) is 127 cm³/mol. The summed E-state index contributed by atoms with van der Waals surface area (Å²) in [6.07, 6.45) is 8.40. The molecule has 2 aliphatic rings. The number of nitrogens with one attached hydrogen (secondary N) is 1. The number of piperidine rings is 1. The number of benzene rings is 2. The molecule has 2 N–H and O–H groups in total. The van der Waals surface area contributed by atoms with Gasteiger partial charge in [-0.3, -0.25) is 0 Å². The first-order chi connectivity index (χ1) is 15.7. The molecule has 4 heteroatoms. The molecule has 1 saturated heterocycles. The minimum Gasteiger partial charge on any atom is -0.463 e. The highest BCUT2D eigenvalue weighted by molar-refractivity contribution is 5.81. The Bertz CT molecular complexity index is 828. The summed E-state index contributed by atoms with van der Waals surface area (Å²) in [5, 5.41) is 15.1. The van der Waals surface area contributed by atoms with Gasteiger partial charge in [0.1, 0.15) is 0 Å². The summed E-state index contributed by atoms with van der Waals surface area (Å²) in [4.78, 5) is 13.4. The van der Waals surface area contributed by atoms with Crippen molar-refractivity contribution in [2.45, 2.75) is 62.9 Å². The lowest BCUT2D eigenvalue weighted by molar-refractivity contribution is -0.174. The summed E-state index contributed by atoms with van der Waals surface area (Å²) in [7, 11) is 0. The lowest BCUT2D eigenvalue weighted by Gasteiger charge is -2.33. The molecule has 0 radical (unpaired) electrons. The average Bonchev–Trinajstić information content (AvgIpc) is 3.41. The molecule has 1 heterocycles. The second kappa shape index (κ2) is 11.1. The van der Waals surface area contributed by atoms with Gasteiger partial charge in [-0.2, -0.15) is 0 Å². The van der Waals surface area contributed by atoms with Crippen LogP contribution in [-0.4, -0.2) is 30.8 Å². The van der Waals surface area contributed by atoms with E-state index in [-0.39, 0.29) is 11.8 Å². The standard InChI is InChI=1S/C28H37NO3/c30-27(28(31,26-13-7-8-14-26)25-11-5-2-6-12-25)32-21-24(23-9-3-1-4-10-23)16-15-22-17-19-29-20-18-22/h1-6,9-12,22,24,26,29,31H,7-8,13-21H2/t24?,28-/m0/s1. The van der Waals surface area contributed by atoms with Crippen molar-refractivity contribution in [3.05, 3.63) is 71.8 Å². The zero-order valence-corrected chi connectivity index (χ0v) is 19.0. The van der Waals surface area contributed by atoms with Crippen LogP contribution in [0, 0.1) is 11.8 Å². The van der Waals surface area contributed by atoms with Crippen LogP contribution in [0.25, 0.3) is 0 Å². The second-order valence-electron chi connectivity index (χ2n) is 9.59. The van der Waals surface area contributed by atoms with Gasteiger partial charge < -0.3 is 15.2 Å². The molecule has 4 rings (SSSR count). The third-order valence-corrected chi connectivity index (χ3v) is 7.54. The van der Waals surface area contributed by atoms with Crippen molar-refractivity contribution < 1.29 is 14.6 Å². The number of carbonyl (C=O) groups excluding carboxylic acids is 1. The van der Waals surface area contributed by atoms with Gasteiger partial charge in [-0.1, -0.05) is 73.5 Å². The Morgan fingerprint density at radius 3 is 2.25 bits per heavy atom. The molecule has 172 valence electrons. The van der Waals surface area contributed by atoms with Crippen molar-refractivity contribution in [1.29, 1.82) is 0 Å². The lowest BCUT2D eigenvalue weighted by Crippen LogP contribution is -2.44. The van der Waals surface area contributed by atoms with Crippen LogP contribution in [0.2, 0.25) is 0 Å². The number of rotatable bonds is 9. The van der Waals surface area contributed by atoms with Crippen molar-refractivity contribution in [1.82, 2.24) is 5.32 Å². The van der Waals surface area contributed by atoms with Gasteiger partial charge in [0.05, 0.1) is 6.61 Å². The topological polar surface area (TPSA) is 58.6 Å². The number of carbonyl (C=O) groups is 1. The Morgan fingerprint density at radius 2 is 1.59 bits per heavy atom. The molecular formula is C28H37NO3. The zero-order valence-electron chi connectivity index (χ0n) is 19.0. The zero-order chi connectivity index (χ0) is 22.2. The van der Waals surface area contributed by atoms with Crippen LogP contribution in [-0.2, 0) is 15.1 Å². The number of ether oxygens (including phenoxy) is 1. The molecule has 0 spiro atoms. The summed E-state index contributed by atoms with van der Waals surface area (Å²) in [5.41, 5.74) is 0.301. The van der Waals surface area contributed by atoms with Gasteiger partial charge >= 0.3 is 5.97 Å². The molecule has 32 heavy (non-hydrogen) atoms. The van der Waals surface area contributed by atoms with E-state index in [2.05, 4.69) is 17.4 Å². The fourth-order valence-corrected chi connectivity index (χ4v) is 5.52. The van der Waals surface area contributed by atoms with Gasteiger partial charge in [0.25, 0.3) is 0 Å². The molecule has 1 saturated carbocycles. The molecular weight excluding hydrogens is 398 g/mol. The third kappa shape index (κ3) is 5.41. The van der Waals surface area contributed by atoms with Crippen molar-refractivity contribution in [3.63, 3.8) is 0 Å². The van der Waals surface area contributed by atoms with E-state index >= 15 is 0 Å². The van der Waals surface area contributed by atoms with Gasteiger partial charge in [-0.25, -0.2) is 4.79 Å². The van der Waals surface area contributed by atoms with Crippen molar-refractivity contribution >= 4 is 5.97 Å². The number of hydrogen-bond acceptors (Lipinski definition) is 4. The van der Waals surface area contributed by atoms with Crippen LogP contribution in [0.15, 0.2) is 60.7 Å². The Hall–Kier alpha value is -2.17. The van der Waals surface area contributed by atoms with Gasteiger partial charge in [-0.05, 0) is 68.7 Å². The van der Waals surface area contributed by atoms with Gasteiger partial charge in [0.15, 0.2) is 5.60 Å². The van der Waals surface area contributed by atoms with E-state index in [9.17, 15) is 9.90 Å². The maximum atomic E-state index is 13.4. The van der Waals surface area contributed by atoms with Crippen LogP contribution in [0.5, 0.6) is 0 Å². The minimum absolute atomic E-state index is 0.0812. The molecule has 2 aromatic rings. The predicted octanol–water partition coefficient (Wildman–Crippen LogP) is 5.17. The molecule has 0 bridgehead atoms. The SMILES string of the molecule is O=C(OCC(CCC1CCNCC1)c1ccccc1)[C@](O)(c1ccccc1)C1CCCC1. The molecule has 0 aromatic heterocycles. The van der Waals surface area contributed by atoms with Gasteiger partial charge in [0, 0.05) is 11.8 Å². The van der Waals surface area contributed by atoms with E-state index in [4.69, 9.17) is 4.74 Å². The second-order valence-corrected chi connectivity index (χ2v) is 9.59. The Balaban J connectivity index is 1.47. The summed E-state index contributed by atoms with van der Waals surface area (Å²) in [6, 6.07) is 19.8. The molecule has 2 aromatic carbocycles. The maximum Gasteiger partial charge on any atom is 0.343 e. The maximum absolute atomic E-state index is 13.4. The first kappa shape index (κ1) is 23.0. The van der Waals surface area contributed by atoms with Crippen LogP contribution in [0.4, 0.5) is 0 Å². The van der Waals surface area contributed by atoms with E-state index in [1.54, 1.807) is 0 Å². The summed E-state index contributed by atoms with van der Waals surface area (Å²) < 4.78 is 5.93. The van der Waals surface area contributed by atoms with E-state index in [0.717, 1.165) is 57.5 Å². The fourth-order valence-electron chi connectivity index (χ4n) is 5.52. The molecule has 1 aliphatic carbocycles. The summed E-state index contributed by atoms with van der Waals surface area (Å²) >= 11 is 0. The van der Waals surface area contributed by atoms with Crippen LogP contribution < -0.4 is 5.32 Å². The molecule has 1 aliphatic heterocycles. The van der Waals surface area contributed by atoms with E-state index in [0.29, 0.717) is 12.2 Å². The smallest absolute Gasteiger partial charge is 0.343 e. The quantitative estimate of drug-likeness (QED) is 0.534. The number of hydrogen-bond donors (Lipinski definition) is 2. The average molecular weight is 436 g/mol. The highest BCUT2D eigenvalue weighted by atomic mass is 16.5. The molecule has 2 atom stereocenters. The normalized spacial score (nSPS) is 20.5. The molecule has 2 fully saturated rings. The summed E-state index contributed by atoms with van der Waals surface area (Å²) in [5.74, 6) is 0.317. The van der Waals surface area contributed by atoms with Gasteiger partial charge in [-0.15, -0.1) is 0 Å². The van der Waals surface area contributed by atoms with Crippen molar-refractivity contribution in [3.8, 4) is 0 Å². The Labute approximate surface area is 192 Å². The molecule has 0 amide bonds. The van der Waals surface area contributed by atoms with E-state index in [1.807, 2.05) is 48.5 Å². The van der Waals surface area contributed by atoms with Crippen molar-refractivity contribution in [2.75, 3.05) is 19.7 Å².